The van der Waals surface area contributed by atoms with E-state index in [2.05, 4.69) is 6.07 Å². The highest BCUT2D eigenvalue weighted by Crippen LogP contribution is 2.26. The quantitative estimate of drug-likeness (QED) is 0.774. The van der Waals surface area contributed by atoms with E-state index in [1.165, 1.54) is 17.8 Å². The van der Waals surface area contributed by atoms with Crippen LogP contribution in [-0.4, -0.2) is 16.3 Å². The van der Waals surface area contributed by atoms with Crippen LogP contribution in [0.4, 0.5) is 0 Å². The van der Waals surface area contributed by atoms with Crippen LogP contribution in [0.25, 0.3) is 0 Å². The second kappa shape index (κ2) is 4.72. The van der Waals surface area contributed by atoms with Crippen LogP contribution in [-0.2, 0) is 0 Å². The number of hydrogen-bond donors (Lipinski definition) is 1. The van der Waals surface area contributed by atoms with E-state index < -0.39 is 5.97 Å². The maximum atomic E-state index is 10.5. The van der Waals surface area contributed by atoms with Crippen LogP contribution in [0.1, 0.15) is 23.9 Å². The Morgan fingerprint density at radius 1 is 1.79 bits per heavy atom. The first-order valence-electron chi connectivity index (χ1n) is 4.06. The Labute approximate surface area is 85.5 Å². The third-order valence-electron chi connectivity index (χ3n) is 1.57. The SMILES string of the molecule is CCC(C#N)Sc1ccc(C(=O)O)o1. The first kappa shape index (κ1) is 10.7. The Morgan fingerprint density at radius 2 is 2.50 bits per heavy atom. The summed E-state index contributed by atoms with van der Waals surface area (Å²) in [5.74, 6) is -1.19. The van der Waals surface area contributed by atoms with Crippen LogP contribution < -0.4 is 0 Å². The van der Waals surface area contributed by atoms with Gasteiger partial charge in [-0.05, 0) is 18.6 Å². The molecule has 74 valence electrons. The summed E-state index contributed by atoms with van der Waals surface area (Å²) < 4.78 is 4.99. The molecule has 1 aromatic heterocycles. The molecule has 5 heteroatoms. The van der Waals surface area contributed by atoms with E-state index in [0.717, 1.165) is 0 Å². The number of carboxylic acids is 1. The minimum Gasteiger partial charge on any atom is -0.475 e. The number of thioether (sulfide) groups is 1. The number of nitrogens with zero attached hydrogens (tertiary/aromatic N) is 1. The highest BCUT2D eigenvalue weighted by atomic mass is 32.2. The number of aromatic carboxylic acids is 1. The maximum Gasteiger partial charge on any atom is 0.371 e. The summed E-state index contributed by atoms with van der Waals surface area (Å²) >= 11 is 1.24. The summed E-state index contributed by atoms with van der Waals surface area (Å²) in [6.45, 7) is 1.89. The molecular weight excluding hydrogens is 202 g/mol. The third kappa shape index (κ3) is 2.54. The summed E-state index contributed by atoms with van der Waals surface area (Å²) in [6, 6.07) is 5.04. The molecule has 0 spiro atoms. The van der Waals surface area contributed by atoms with Crippen LogP contribution in [0, 0.1) is 11.3 Å². The molecule has 0 saturated heterocycles. The molecule has 1 heterocycles. The number of nitriles is 1. The highest BCUT2D eigenvalue weighted by Gasteiger charge is 2.13. The van der Waals surface area contributed by atoms with Crippen molar-refractivity contribution in [1.29, 1.82) is 5.26 Å². The van der Waals surface area contributed by atoms with Crippen molar-refractivity contribution >= 4 is 17.7 Å². The van der Waals surface area contributed by atoms with E-state index in [9.17, 15) is 4.79 Å². The van der Waals surface area contributed by atoms with Crippen molar-refractivity contribution in [3.63, 3.8) is 0 Å². The molecule has 1 rings (SSSR count). The minimum atomic E-state index is -1.10. The van der Waals surface area contributed by atoms with Crippen molar-refractivity contribution in [2.24, 2.45) is 0 Å². The van der Waals surface area contributed by atoms with Gasteiger partial charge < -0.3 is 9.52 Å². The lowest BCUT2D eigenvalue weighted by atomic mass is 10.4. The van der Waals surface area contributed by atoms with Crippen LogP contribution in [0.2, 0.25) is 0 Å². The third-order valence-corrected chi connectivity index (χ3v) is 2.74. The van der Waals surface area contributed by atoms with E-state index in [1.807, 2.05) is 6.92 Å². The number of rotatable bonds is 4. The van der Waals surface area contributed by atoms with Gasteiger partial charge in [0.15, 0.2) is 5.09 Å². The number of hydrogen-bond acceptors (Lipinski definition) is 4. The van der Waals surface area contributed by atoms with Gasteiger partial charge >= 0.3 is 5.97 Å². The van der Waals surface area contributed by atoms with Gasteiger partial charge in [-0.15, -0.1) is 0 Å². The van der Waals surface area contributed by atoms with E-state index in [4.69, 9.17) is 14.8 Å². The molecule has 1 N–H and O–H groups in total. The van der Waals surface area contributed by atoms with E-state index in [1.54, 1.807) is 6.07 Å². The highest BCUT2D eigenvalue weighted by molar-refractivity contribution is 8.00. The first-order chi connectivity index (χ1) is 6.67. The molecule has 0 saturated carbocycles. The van der Waals surface area contributed by atoms with Crippen molar-refractivity contribution in [2.45, 2.75) is 23.7 Å². The Morgan fingerprint density at radius 3 is 2.93 bits per heavy atom. The van der Waals surface area contributed by atoms with Crippen LogP contribution in [0.5, 0.6) is 0 Å². The lowest BCUT2D eigenvalue weighted by Gasteiger charge is -2.00. The van der Waals surface area contributed by atoms with Crippen molar-refractivity contribution in [2.75, 3.05) is 0 Å². The Kier molecular flexibility index (Phi) is 3.60. The van der Waals surface area contributed by atoms with Gasteiger partial charge in [-0.1, -0.05) is 18.7 Å². The van der Waals surface area contributed by atoms with Crippen molar-refractivity contribution in [3.05, 3.63) is 17.9 Å². The zero-order valence-corrected chi connectivity index (χ0v) is 8.37. The smallest absolute Gasteiger partial charge is 0.371 e. The Hall–Kier alpha value is -1.41. The van der Waals surface area contributed by atoms with Gasteiger partial charge in [-0.25, -0.2) is 4.79 Å². The summed E-state index contributed by atoms with van der Waals surface area (Å²) in [5.41, 5.74) is 0. The fraction of sp³-hybridized carbons (Fsp3) is 0.333. The molecule has 0 amide bonds. The van der Waals surface area contributed by atoms with E-state index in [0.29, 0.717) is 11.5 Å². The van der Waals surface area contributed by atoms with E-state index >= 15 is 0 Å². The van der Waals surface area contributed by atoms with Crippen LogP contribution in [0.15, 0.2) is 21.6 Å². The molecule has 1 atom stereocenters. The molecule has 1 aromatic rings. The summed E-state index contributed by atoms with van der Waals surface area (Å²) in [7, 11) is 0. The van der Waals surface area contributed by atoms with Crippen molar-refractivity contribution in [3.8, 4) is 6.07 Å². The lowest BCUT2D eigenvalue weighted by molar-refractivity contribution is 0.0656. The van der Waals surface area contributed by atoms with Gasteiger partial charge in [-0.2, -0.15) is 5.26 Å². The van der Waals surface area contributed by atoms with Gasteiger partial charge in [0.1, 0.15) is 0 Å². The fourth-order valence-electron chi connectivity index (χ4n) is 0.840. The van der Waals surface area contributed by atoms with Gasteiger partial charge in [-0.3, -0.25) is 0 Å². The van der Waals surface area contributed by atoms with Crippen LogP contribution >= 0.6 is 11.8 Å². The normalized spacial score (nSPS) is 12.0. The molecule has 4 nitrogen and oxygen atoms in total. The Bertz CT molecular complexity index is 366. The standard InChI is InChI=1S/C9H9NO3S/c1-2-6(5-10)14-8-4-3-7(13-8)9(11)12/h3-4,6H,2H2,1H3,(H,11,12). The van der Waals surface area contributed by atoms with Crippen LogP contribution in [0.3, 0.4) is 0 Å². The second-order valence-electron chi connectivity index (χ2n) is 2.57. The average molecular weight is 211 g/mol. The maximum absolute atomic E-state index is 10.5. The summed E-state index contributed by atoms with van der Waals surface area (Å²) in [5, 5.41) is 17.5. The molecule has 0 bridgehead atoms. The zero-order chi connectivity index (χ0) is 10.6. The van der Waals surface area contributed by atoms with Gasteiger partial charge in [0.2, 0.25) is 5.76 Å². The molecule has 1 unspecified atom stereocenters. The first-order valence-corrected chi connectivity index (χ1v) is 4.94. The van der Waals surface area contributed by atoms with Crippen molar-refractivity contribution in [1.82, 2.24) is 0 Å². The number of carbonyl (C=O) groups is 1. The lowest BCUT2D eigenvalue weighted by Crippen LogP contribution is -1.94. The molecule has 0 fully saturated rings. The average Bonchev–Trinajstić information content (AvgIpc) is 2.62. The molecule has 0 radical (unpaired) electrons. The van der Waals surface area contributed by atoms with Gasteiger partial charge in [0, 0.05) is 0 Å². The summed E-state index contributed by atoms with van der Waals surface area (Å²) in [6.07, 6.45) is 0.699. The fourth-order valence-corrected chi connectivity index (χ4v) is 1.62. The predicted octanol–water partition coefficient (Wildman–Crippen LogP) is 2.37. The zero-order valence-electron chi connectivity index (χ0n) is 7.56. The molecular formula is C9H9NO3S. The monoisotopic (exact) mass is 211 g/mol. The Balaban J connectivity index is 2.69. The van der Waals surface area contributed by atoms with Gasteiger partial charge in [0.25, 0.3) is 0 Å². The second-order valence-corrected chi connectivity index (χ2v) is 3.77. The van der Waals surface area contributed by atoms with Crippen molar-refractivity contribution < 1.29 is 14.3 Å². The predicted molar refractivity (Wildman–Crippen MR) is 51.2 cm³/mol. The molecule has 0 aromatic carbocycles. The summed E-state index contributed by atoms with van der Waals surface area (Å²) in [4.78, 5) is 10.5. The molecule has 14 heavy (non-hydrogen) atoms. The number of carboxylic acid groups (broad SMARTS) is 1. The van der Waals surface area contributed by atoms with Gasteiger partial charge in [0.05, 0.1) is 11.3 Å². The molecule has 0 aliphatic rings. The number of furan rings is 1. The largest absolute Gasteiger partial charge is 0.475 e. The topological polar surface area (TPSA) is 74.2 Å². The molecule has 0 aliphatic carbocycles. The van der Waals surface area contributed by atoms with E-state index in [-0.39, 0.29) is 11.0 Å². The minimum absolute atomic E-state index is 0.0970. The molecule has 0 aliphatic heterocycles.